The fraction of sp³-hybridized carbons (Fsp3) is 0.278. The standard InChI is InChI=1S/C18H20ClNO3/c1-14-12-16(8-9-17(14)19)23-13-18(21)20-10-5-11-22-15-6-3-2-4-7-15/h2-4,6-9,12H,5,10-11,13H2,1H3,(H,20,21). The van der Waals surface area contributed by atoms with Crippen molar-refractivity contribution < 1.29 is 14.3 Å². The fourth-order valence-corrected chi connectivity index (χ4v) is 2.03. The SMILES string of the molecule is Cc1cc(OCC(=O)NCCCOc2ccccc2)ccc1Cl. The lowest BCUT2D eigenvalue weighted by Gasteiger charge is -2.09. The number of carbonyl (C=O) groups excluding carboxylic acids is 1. The van der Waals surface area contributed by atoms with Crippen molar-refractivity contribution in [1.29, 1.82) is 0 Å². The fourth-order valence-electron chi connectivity index (χ4n) is 1.91. The van der Waals surface area contributed by atoms with Crippen LogP contribution in [0.25, 0.3) is 0 Å². The molecule has 2 rings (SSSR count). The molecule has 1 N–H and O–H groups in total. The monoisotopic (exact) mass is 333 g/mol. The van der Waals surface area contributed by atoms with E-state index in [1.807, 2.05) is 43.3 Å². The molecule has 4 nitrogen and oxygen atoms in total. The smallest absolute Gasteiger partial charge is 0.257 e. The molecule has 0 atom stereocenters. The lowest BCUT2D eigenvalue weighted by Crippen LogP contribution is -2.30. The van der Waals surface area contributed by atoms with Crippen molar-refractivity contribution in [3.05, 3.63) is 59.1 Å². The number of nitrogens with one attached hydrogen (secondary N) is 1. The van der Waals surface area contributed by atoms with Gasteiger partial charge in [0, 0.05) is 11.6 Å². The molecule has 0 spiro atoms. The number of aryl methyl sites for hydroxylation is 1. The Kier molecular flexibility index (Phi) is 6.76. The second kappa shape index (κ2) is 9.06. The average Bonchev–Trinajstić information content (AvgIpc) is 2.56. The van der Waals surface area contributed by atoms with Crippen LogP contribution in [0.4, 0.5) is 0 Å². The topological polar surface area (TPSA) is 47.6 Å². The van der Waals surface area contributed by atoms with Crippen LogP contribution in [0.1, 0.15) is 12.0 Å². The maximum atomic E-state index is 11.7. The summed E-state index contributed by atoms with van der Waals surface area (Å²) in [6, 6.07) is 14.9. The van der Waals surface area contributed by atoms with E-state index in [0.717, 1.165) is 17.7 Å². The van der Waals surface area contributed by atoms with Gasteiger partial charge in [0.1, 0.15) is 11.5 Å². The van der Waals surface area contributed by atoms with E-state index in [9.17, 15) is 4.79 Å². The van der Waals surface area contributed by atoms with Crippen LogP contribution in [-0.4, -0.2) is 25.7 Å². The van der Waals surface area contributed by atoms with E-state index >= 15 is 0 Å². The third kappa shape index (κ3) is 6.20. The summed E-state index contributed by atoms with van der Waals surface area (Å²) < 4.78 is 11.0. The second-order valence-corrected chi connectivity index (χ2v) is 5.47. The highest BCUT2D eigenvalue weighted by atomic mass is 35.5. The zero-order chi connectivity index (χ0) is 16.5. The van der Waals surface area contributed by atoms with E-state index in [-0.39, 0.29) is 12.5 Å². The maximum Gasteiger partial charge on any atom is 0.257 e. The Hall–Kier alpha value is -2.20. The van der Waals surface area contributed by atoms with Gasteiger partial charge in [-0.05, 0) is 49.2 Å². The Labute approximate surface area is 141 Å². The summed E-state index contributed by atoms with van der Waals surface area (Å²) >= 11 is 5.94. The molecule has 0 aliphatic rings. The first-order valence-corrected chi connectivity index (χ1v) is 7.86. The summed E-state index contributed by atoms with van der Waals surface area (Å²) in [7, 11) is 0. The predicted octanol–water partition coefficient (Wildman–Crippen LogP) is 3.61. The van der Waals surface area contributed by atoms with Crippen LogP contribution in [-0.2, 0) is 4.79 Å². The van der Waals surface area contributed by atoms with Crippen molar-refractivity contribution in [3.8, 4) is 11.5 Å². The number of ether oxygens (including phenoxy) is 2. The summed E-state index contributed by atoms with van der Waals surface area (Å²) in [6.07, 6.45) is 0.737. The number of benzene rings is 2. The van der Waals surface area contributed by atoms with Crippen molar-refractivity contribution in [2.24, 2.45) is 0 Å². The highest BCUT2D eigenvalue weighted by molar-refractivity contribution is 6.31. The van der Waals surface area contributed by atoms with E-state index in [4.69, 9.17) is 21.1 Å². The Morgan fingerprint density at radius 1 is 1.09 bits per heavy atom. The summed E-state index contributed by atoms with van der Waals surface area (Å²) in [6.45, 7) is 2.98. The van der Waals surface area contributed by atoms with Crippen molar-refractivity contribution in [2.75, 3.05) is 19.8 Å². The third-order valence-electron chi connectivity index (χ3n) is 3.15. The molecule has 0 radical (unpaired) electrons. The van der Waals surface area contributed by atoms with E-state index in [1.54, 1.807) is 12.1 Å². The molecule has 0 aliphatic heterocycles. The molecule has 0 aromatic heterocycles. The van der Waals surface area contributed by atoms with Gasteiger partial charge in [-0.3, -0.25) is 4.79 Å². The van der Waals surface area contributed by atoms with Gasteiger partial charge in [-0.15, -0.1) is 0 Å². The molecule has 0 heterocycles. The molecule has 0 fully saturated rings. The number of hydrogen-bond acceptors (Lipinski definition) is 3. The first-order valence-electron chi connectivity index (χ1n) is 7.48. The Balaban J connectivity index is 1.59. The summed E-state index contributed by atoms with van der Waals surface area (Å²) in [5, 5.41) is 3.48. The minimum absolute atomic E-state index is 0.0133. The molecule has 122 valence electrons. The molecule has 2 aromatic rings. The number of hydrogen-bond donors (Lipinski definition) is 1. The molecule has 0 saturated heterocycles. The predicted molar refractivity (Wildman–Crippen MR) is 91.2 cm³/mol. The lowest BCUT2D eigenvalue weighted by molar-refractivity contribution is -0.123. The number of carbonyl (C=O) groups is 1. The normalized spacial score (nSPS) is 10.2. The quantitative estimate of drug-likeness (QED) is 0.751. The number of rotatable bonds is 8. The van der Waals surface area contributed by atoms with Gasteiger partial charge in [0.2, 0.25) is 0 Å². The van der Waals surface area contributed by atoms with Gasteiger partial charge in [-0.1, -0.05) is 29.8 Å². The minimum atomic E-state index is -0.155. The van der Waals surface area contributed by atoms with Gasteiger partial charge >= 0.3 is 0 Å². The van der Waals surface area contributed by atoms with Crippen LogP contribution >= 0.6 is 11.6 Å². The number of amides is 1. The number of para-hydroxylation sites is 1. The molecule has 0 aliphatic carbocycles. The molecule has 0 saturated carbocycles. The van der Waals surface area contributed by atoms with Crippen molar-refractivity contribution in [3.63, 3.8) is 0 Å². The molecule has 1 amide bonds. The van der Waals surface area contributed by atoms with E-state index in [0.29, 0.717) is 23.9 Å². The zero-order valence-electron chi connectivity index (χ0n) is 13.0. The largest absolute Gasteiger partial charge is 0.494 e. The second-order valence-electron chi connectivity index (χ2n) is 5.06. The Bertz CT molecular complexity index is 631. The third-order valence-corrected chi connectivity index (χ3v) is 3.58. The number of halogens is 1. The Morgan fingerprint density at radius 2 is 1.87 bits per heavy atom. The molecule has 23 heavy (non-hydrogen) atoms. The van der Waals surface area contributed by atoms with E-state index in [1.165, 1.54) is 0 Å². The van der Waals surface area contributed by atoms with Crippen molar-refractivity contribution >= 4 is 17.5 Å². The van der Waals surface area contributed by atoms with Gasteiger partial charge in [0.25, 0.3) is 5.91 Å². The minimum Gasteiger partial charge on any atom is -0.494 e. The van der Waals surface area contributed by atoms with Crippen LogP contribution in [0.5, 0.6) is 11.5 Å². The van der Waals surface area contributed by atoms with Crippen LogP contribution in [0.3, 0.4) is 0 Å². The molecular formula is C18H20ClNO3. The van der Waals surface area contributed by atoms with Crippen LogP contribution in [0, 0.1) is 6.92 Å². The van der Waals surface area contributed by atoms with Gasteiger partial charge in [-0.25, -0.2) is 0 Å². The average molecular weight is 334 g/mol. The van der Waals surface area contributed by atoms with Gasteiger partial charge in [0.05, 0.1) is 6.61 Å². The first kappa shape index (κ1) is 17.2. The highest BCUT2D eigenvalue weighted by Gasteiger charge is 2.04. The zero-order valence-corrected chi connectivity index (χ0v) is 13.8. The maximum absolute atomic E-state index is 11.7. The van der Waals surface area contributed by atoms with Crippen LogP contribution in [0.2, 0.25) is 5.02 Å². The molecular weight excluding hydrogens is 314 g/mol. The molecule has 5 heteroatoms. The van der Waals surface area contributed by atoms with Gasteiger partial charge in [0.15, 0.2) is 6.61 Å². The van der Waals surface area contributed by atoms with E-state index in [2.05, 4.69) is 5.32 Å². The molecule has 2 aromatic carbocycles. The van der Waals surface area contributed by atoms with Gasteiger partial charge in [-0.2, -0.15) is 0 Å². The molecule has 0 bridgehead atoms. The highest BCUT2D eigenvalue weighted by Crippen LogP contribution is 2.20. The van der Waals surface area contributed by atoms with Crippen LogP contribution in [0.15, 0.2) is 48.5 Å². The van der Waals surface area contributed by atoms with Gasteiger partial charge < -0.3 is 14.8 Å². The summed E-state index contributed by atoms with van der Waals surface area (Å²) in [5.41, 5.74) is 0.919. The van der Waals surface area contributed by atoms with Crippen molar-refractivity contribution in [2.45, 2.75) is 13.3 Å². The van der Waals surface area contributed by atoms with Crippen LogP contribution < -0.4 is 14.8 Å². The van der Waals surface area contributed by atoms with Crippen molar-refractivity contribution in [1.82, 2.24) is 5.32 Å². The van der Waals surface area contributed by atoms with E-state index < -0.39 is 0 Å². The lowest BCUT2D eigenvalue weighted by atomic mass is 10.2. The Morgan fingerprint density at radius 3 is 2.61 bits per heavy atom. The first-order chi connectivity index (χ1) is 11.1. The summed E-state index contributed by atoms with van der Waals surface area (Å²) in [4.78, 5) is 11.7. The molecule has 0 unspecified atom stereocenters. The summed E-state index contributed by atoms with van der Waals surface area (Å²) in [5.74, 6) is 1.31.